The maximum absolute atomic E-state index is 12.3. The maximum atomic E-state index is 12.3. The summed E-state index contributed by atoms with van der Waals surface area (Å²) in [6.07, 6.45) is 3.11. The number of hydrogen-bond donors (Lipinski definition) is 0. The van der Waals surface area contributed by atoms with Crippen molar-refractivity contribution in [3.63, 3.8) is 0 Å². The predicted molar refractivity (Wildman–Crippen MR) is 79.4 cm³/mol. The summed E-state index contributed by atoms with van der Waals surface area (Å²) >= 11 is 0. The van der Waals surface area contributed by atoms with Gasteiger partial charge in [-0.1, -0.05) is 30.3 Å². The third-order valence-corrected chi connectivity index (χ3v) is 5.08. The third kappa shape index (κ3) is 3.77. The van der Waals surface area contributed by atoms with Gasteiger partial charge in [-0.3, -0.25) is 4.79 Å². The van der Waals surface area contributed by atoms with Crippen LogP contribution in [-0.4, -0.2) is 31.6 Å². The highest BCUT2D eigenvalue weighted by molar-refractivity contribution is 7.92. The number of benzene rings is 1. The molecule has 1 aliphatic rings. The van der Waals surface area contributed by atoms with Crippen molar-refractivity contribution in [3.8, 4) is 0 Å². The van der Waals surface area contributed by atoms with Gasteiger partial charge < -0.3 is 0 Å². The maximum Gasteiger partial charge on any atom is 0.236 e. The molecule has 0 aliphatic carbocycles. The first-order chi connectivity index (χ1) is 9.49. The van der Waals surface area contributed by atoms with E-state index in [0.29, 0.717) is 13.1 Å². The van der Waals surface area contributed by atoms with E-state index in [1.807, 2.05) is 30.3 Å². The Morgan fingerprint density at radius 3 is 2.65 bits per heavy atom. The van der Waals surface area contributed by atoms with Gasteiger partial charge in [-0.15, -0.1) is 0 Å². The van der Waals surface area contributed by atoms with Crippen LogP contribution in [0.4, 0.5) is 0 Å². The van der Waals surface area contributed by atoms with Crippen LogP contribution in [-0.2, 0) is 14.8 Å². The standard InChI is InChI=1S/C15H19NO3S/c1-13(17)15-8-5-10-16(12-15)20(18,19)11-9-14-6-3-2-4-7-14/h2-4,6-7,9,11,15H,5,8,10,12H2,1H3/b11-9+. The largest absolute Gasteiger partial charge is 0.300 e. The Morgan fingerprint density at radius 1 is 1.30 bits per heavy atom. The molecule has 5 heteroatoms. The number of nitrogens with zero attached hydrogens (tertiary/aromatic N) is 1. The number of Topliss-reactive ketones (excluding diaryl/α,β-unsaturated/α-hetero) is 1. The van der Waals surface area contributed by atoms with Crippen LogP contribution in [0.2, 0.25) is 0 Å². The summed E-state index contributed by atoms with van der Waals surface area (Å²) in [5, 5.41) is 1.23. The lowest BCUT2D eigenvalue weighted by molar-refractivity contribution is -0.121. The second-order valence-corrected chi connectivity index (χ2v) is 6.88. The molecule has 1 heterocycles. The molecule has 1 atom stereocenters. The average Bonchev–Trinajstić information content (AvgIpc) is 2.46. The second-order valence-electron chi connectivity index (χ2n) is 5.07. The number of ketones is 1. The summed E-state index contributed by atoms with van der Waals surface area (Å²) < 4.78 is 25.9. The molecular weight excluding hydrogens is 274 g/mol. The highest BCUT2D eigenvalue weighted by atomic mass is 32.2. The van der Waals surface area contributed by atoms with Crippen molar-refractivity contribution in [3.05, 3.63) is 41.3 Å². The lowest BCUT2D eigenvalue weighted by Gasteiger charge is -2.29. The average molecular weight is 293 g/mol. The van der Waals surface area contributed by atoms with E-state index in [4.69, 9.17) is 0 Å². The van der Waals surface area contributed by atoms with Crippen LogP contribution in [0, 0.1) is 5.92 Å². The SMILES string of the molecule is CC(=O)C1CCCN(S(=O)(=O)/C=C/c2ccccc2)C1. The van der Waals surface area contributed by atoms with Gasteiger partial charge in [-0.05, 0) is 31.4 Å². The molecule has 1 saturated heterocycles. The molecule has 1 aromatic rings. The molecule has 2 rings (SSSR count). The molecule has 4 nitrogen and oxygen atoms in total. The van der Waals surface area contributed by atoms with E-state index in [1.54, 1.807) is 6.08 Å². The molecule has 0 radical (unpaired) electrons. The number of piperidine rings is 1. The minimum atomic E-state index is -3.45. The van der Waals surface area contributed by atoms with Crippen LogP contribution in [0.25, 0.3) is 6.08 Å². The highest BCUT2D eigenvalue weighted by Gasteiger charge is 2.29. The van der Waals surface area contributed by atoms with Crippen LogP contribution in [0.1, 0.15) is 25.3 Å². The van der Waals surface area contributed by atoms with Gasteiger partial charge >= 0.3 is 0 Å². The Hall–Kier alpha value is -1.46. The van der Waals surface area contributed by atoms with Crippen molar-refractivity contribution in [1.82, 2.24) is 4.31 Å². The number of hydrogen-bond acceptors (Lipinski definition) is 3. The Kier molecular flexibility index (Phi) is 4.73. The van der Waals surface area contributed by atoms with Gasteiger partial charge in [0, 0.05) is 24.4 Å². The van der Waals surface area contributed by atoms with Crippen LogP contribution < -0.4 is 0 Å². The quantitative estimate of drug-likeness (QED) is 0.856. The Balaban J connectivity index is 2.10. The zero-order valence-corrected chi connectivity index (χ0v) is 12.3. The third-order valence-electron chi connectivity index (χ3n) is 3.55. The first-order valence-corrected chi connectivity index (χ1v) is 8.23. The van der Waals surface area contributed by atoms with Crippen LogP contribution >= 0.6 is 0 Å². The molecule has 1 aromatic carbocycles. The van der Waals surface area contributed by atoms with Gasteiger partial charge in [-0.2, -0.15) is 4.31 Å². The molecule has 108 valence electrons. The summed E-state index contributed by atoms with van der Waals surface area (Å²) in [5.74, 6) is -0.0967. The van der Waals surface area contributed by atoms with E-state index in [1.165, 1.54) is 16.6 Å². The number of carbonyl (C=O) groups is 1. The van der Waals surface area contributed by atoms with E-state index in [0.717, 1.165) is 18.4 Å². The first-order valence-electron chi connectivity index (χ1n) is 6.73. The molecule has 1 unspecified atom stereocenters. The van der Waals surface area contributed by atoms with Crippen molar-refractivity contribution < 1.29 is 13.2 Å². The summed E-state index contributed by atoms with van der Waals surface area (Å²) in [7, 11) is -3.45. The smallest absolute Gasteiger partial charge is 0.236 e. The molecule has 1 fully saturated rings. The minimum absolute atomic E-state index is 0.0666. The molecule has 0 N–H and O–H groups in total. The summed E-state index contributed by atoms with van der Waals surface area (Å²) in [5.41, 5.74) is 0.844. The summed E-state index contributed by atoms with van der Waals surface area (Å²) in [6, 6.07) is 9.30. The molecule has 0 saturated carbocycles. The lowest BCUT2D eigenvalue weighted by Crippen LogP contribution is -2.40. The fourth-order valence-corrected chi connectivity index (χ4v) is 3.59. The second kappa shape index (κ2) is 6.33. The zero-order chi connectivity index (χ0) is 14.6. The predicted octanol–water partition coefficient (Wildman–Crippen LogP) is 2.29. The van der Waals surface area contributed by atoms with Gasteiger partial charge in [0.15, 0.2) is 0 Å². The highest BCUT2D eigenvalue weighted by Crippen LogP contribution is 2.21. The fourth-order valence-electron chi connectivity index (χ4n) is 2.32. The van der Waals surface area contributed by atoms with E-state index in [2.05, 4.69) is 0 Å². The monoisotopic (exact) mass is 293 g/mol. The lowest BCUT2D eigenvalue weighted by atomic mass is 9.96. The van der Waals surface area contributed by atoms with E-state index >= 15 is 0 Å². The fraction of sp³-hybridized carbons (Fsp3) is 0.400. The van der Waals surface area contributed by atoms with Crippen molar-refractivity contribution in [2.75, 3.05) is 13.1 Å². The van der Waals surface area contributed by atoms with Crippen LogP contribution in [0.3, 0.4) is 0 Å². The van der Waals surface area contributed by atoms with Gasteiger partial charge in [0.1, 0.15) is 5.78 Å². The van der Waals surface area contributed by atoms with Crippen LogP contribution in [0.5, 0.6) is 0 Å². The topological polar surface area (TPSA) is 54.5 Å². The van der Waals surface area contributed by atoms with E-state index < -0.39 is 10.0 Å². The van der Waals surface area contributed by atoms with Crippen molar-refractivity contribution in [1.29, 1.82) is 0 Å². The minimum Gasteiger partial charge on any atom is -0.300 e. The normalized spacial score (nSPS) is 21.1. The van der Waals surface area contributed by atoms with Gasteiger partial charge in [0.2, 0.25) is 10.0 Å². The molecule has 20 heavy (non-hydrogen) atoms. The Bertz CT molecular complexity index is 593. The van der Waals surface area contributed by atoms with Crippen molar-refractivity contribution >= 4 is 21.9 Å². The van der Waals surface area contributed by atoms with Crippen molar-refractivity contribution in [2.45, 2.75) is 19.8 Å². The van der Waals surface area contributed by atoms with Crippen LogP contribution in [0.15, 0.2) is 35.7 Å². The summed E-state index contributed by atoms with van der Waals surface area (Å²) in [4.78, 5) is 11.4. The molecule has 0 aromatic heterocycles. The zero-order valence-electron chi connectivity index (χ0n) is 11.5. The van der Waals surface area contributed by atoms with E-state index in [-0.39, 0.29) is 11.7 Å². The molecule has 0 bridgehead atoms. The van der Waals surface area contributed by atoms with Gasteiger partial charge in [-0.25, -0.2) is 8.42 Å². The van der Waals surface area contributed by atoms with Gasteiger partial charge in [0.05, 0.1) is 0 Å². The Morgan fingerprint density at radius 2 is 2.00 bits per heavy atom. The first kappa shape index (κ1) is 14.9. The molecule has 1 aliphatic heterocycles. The Labute approximate surface area is 120 Å². The summed E-state index contributed by atoms with van der Waals surface area (Å²) in [6.45, 7) is 2.32. The number of sulfonamides is 1. The molecular formula is C15H19NO3S. The molecule has 0 amide bonds. The number of rotatable bonds is 4. The van der Waals surface area contributed by atoms with E-state index in [9.17, 15) is 13.2 Å². The molecule has 0 spiro atoms. The van der Waals surface area contributed by atoms with Crippen molar-refractivity contribution in [2.24, 2.45) is 5.92 Å². The van der Waals surface area contributed by atoms with Gasteiger partial charge in [0.25, 0.3) is 0 Å². The number of carbonyl (C=O) groups excluding carboxylic acids is 1.